The third-order valence-electron chi connectivity index (χ3n) is 5.26. The van der Waals surface area contributed by atoms with E-state index in [0.717, 1.165) is 38.2 Å². The monoisotopic (exact) mass is 473 g/mol. The van der Waals surface area contributed by atoms with E-state index in [1.165, 1.54) is 0 Å². The van der Waals surface area contributed by atoms with E-state index in [2.05, 4.69) is 4.98 Å². The van der Waals surface area contributed by atoms with E-state index < -0.39 is 5.60 Å². The van der Waals surface area contributed by atoms with Crippen LogP contribution in [0.2, 0.25) is 5.02 Å². The van der Waals surface area contributed by atoms with E-state index in [1.54, 1.807) is 18.3 Å². The molecular formula is C24H24ClNO5S. The summed E-state index contributed by atoms with van der Waals surface area (Å²) >= 11 is 7.80. The molecule has 2 heterocycles. The smallest absolute Gasteiger partial charge is 0.332 e. The second-order valence-electron chi connectivity index (χ2n) is 7.45. The Morgan fingerprint density at radius 3 is 2.69 bits per heavy atom. The summed E-state index contributed by atoms with van der Waals surface area (Å²) in [6, 6.07) is 13.5. The molecule has 0 radical (unpaired) electrons. The highest BCUT2D eigenvalue weighted by atomic mass is 35.5. The van der Waals surface area contributed by atoms with E-state index >= 15 is 0 Å². The lowest BCUT2D eigenvalue weighted by Gasteiger charge is -2.41. The highest BCUT2D eigenvalue weighted by Crippen LogP contribution is 2.35. The van der Waals surface area contributed by atoms with Crippen molar-refractivity contribution >= 4 is 28.9 Å². The van der Waals surface area contributed by atoms with Crippen molar-refractivity contribution in [3.63, 3.8) is 0 Å². The summed E-state index contributed by atoms with van der Waals surface area (Å²) in [5.74, 6) is 0.345. The van der Waals surface area contributed by atoms with Crippen molar-refractivity contribution < 1.29 is 23.7 Å². The van der Waals surface area contributed by atoms with Gasteiger partial charge >= 0.3 is 5.97 Å². The first-order chi connectivity index (χ1) is 15.5. The summed E-state index contributed by atoms with van der Waals surface area (Å²) < 4.78 is 22.0. The molecule has 3 aromatic rings. The zero-order valence-electron chi connectivity index (χ0n) is 17.9. The van der Waals surface area contributed by atoms with Crippen LogP contribution in [0, 0.1) is 6.92 Å². The van der Waals surface area contributed by atoms with E-state index in [-0.39, 0.29) is 12.6 Å². The predicted octanol–water partition coefficient (Wildman–Crippen LogP) is 5.16. The number of carbonyl (C=O) groups is 1. The number of carbonyl (C=O) groups excluding carboxylic acids is 1. The SMILES string of the molecule is CCOC(=O)COC1(c2ccc(OCc3csc(-c4cccc(Cl)c4C)n3)cc2)COC1. The second kappa shape index (κ2) is 10.0. The highest BCUT2D eigenvalue weighted by molar-refractivity contribution is 7.13. The van der Waals surface area contributed by atoms with Gasteiger partial charge in [0.2, 0.25) is 0 Å². The lowest BCUT2D eigenvalue weighted by Crippen LogP contribution is -2.49. The fraction of sp³-hybridized carbons (Fsp3) is 0.333. The Morgan fingerprint density at radius 2 is 2.00 bits per heavy atom. The minimum absolute atomic E-state index is 0.103. The summed E-state index contributed by atoms with van der Waals surface area (Å²) in [5, 5.41) is 3.65. The molecule has 1 aromatic heterocycles. The summed E-state index contributed by atoms with van der Waals surface area (Å²) in [6.07, 6.45) is 0. The number of halogens is 1. The van der Waals surface area contributed by atoms with Crippen LogP contribution < -0.4 is 4.74 Å². The number of thiazole rings is 1. The van der Waals surface area contributed by atoms with Crippen LogP contribution in [0.3, 0.4) is 0 Å². The van der Waals surface area contributed by atoms with Crippen molar-refractivity contribution in [1.29, 1.82) is 0 Å². The fourth-order valence-electron chi connectivity index (χ4n) is 3.37. The molecule has 0 N–H and O–H groups in total. The molecule has 168 valence electrons. The summed E-state index contributed by atoms with van der Waals surface area (Å²) in [4.78, 5) is 16.3. The molecule has 4 rings (SSSR count). The van der Waals surface area contributed by atoms with Crippen molar-refractivity contribution in [1.82, 2.24) is 4.98 Å². The molecule has 2 aromatic carbocycles. The molecule has 1 aliphatic heterocycles. The number of rotatable bonds is 9. The average Bonchev–Trinajstić information content (AvgIpc) is 3.23. The maximum atomic E-state index is 11.6. The molecule has 8 heteroatoms. The van der Waals surface area contributed by atoms with Crippen LogP contribution in [0.5, 0.6) is 5.75 Å². The molecule has 1 fully saturated rings. The quantitative estimate of drug-likeness (QED) is 0.400. The van der Waals surface area contributed by atoms with Crippen LogP contribution >= 0.6 is 22.9 Å². The standard InChI is InChI=1S/C24H24ClNO5S/c1-3-29-22(27)12-31-24(14-28-15-24)17-7-9-19(10-8-17)30-11-18-13-32-23(26-18)20-5-4-6-21(25)16(20)2/h4-10,13H,3,11-12,14-15H2,1-2H3. The molecule has 0 amide bonds. The Balaban J connectivity index is 1.37. The molecular weight excluding hydrogens is 450 g/mol. The van der Waals surface area contributed by atoms with Gasteiger partial charge in [-0.15, -0.1) is 11.3 Å². The second-order valence-corrected chi connectivity index (χ2v) is 8.72. The fourth-order valence-corrected chi connectivity index (χ4v) is 4.43. The Labute approximate surface area is 196 Å². The van der Waals surface area contributed by atoms with Crippen LogP contribution in [0.4, 0.5) is 0 Å². The first-order valence-electron chi connectivity index (χ1n) is 10.3. The van der Waals surface area contributed by atoms with Gasteiger partial charge in [0.1, 0.15) is 29.6 Å². The van der Waals surface area contributed by atoms with E-state index in [0.29, 0.717) is 26.4 Å². The Kier molecular flexibility index (Phi) is 7.10. The molecule has 1 aliphatic rings. The number of esters is 1. The lowest BCUT2D eigenvalue weighted by molar-refractivity contribution is -0.221. The predicted molar refractivity (Wildman–Crippen MR) is 123 cm³/mol. The van der Waals surface area contributed by atoms with Gasteiger partial charge in [-0.2, -0.15) is 0 Å². The molecule has 0 unspecified atom stereocenters. The normalized spacial score (nSPS) is 14.6. The number of hydrogen-bond donors (Lipinski definition) is 0. The van der Waals surface area contributed by atoms with E-state index in [1.807, 2.05) is 54.8 Å². The van der Waals surface area contributed by atoms with Crippen LogP contribution in [0.1, 0.15) is 23.7 Å². The zero-order valence-corrected chi connectivity index (χ0v) is 19.5. The zero-order chi connectivity index (χ0) is 22.6. The Hall–Kier alpha value is -2.45. The Morgan fingerprint density at radius 1 is 1.22 bits per heavy atom. The topological polar surface area (TPSA) is 66.9 Å². The van der Waals surface area contributed by atoms with E-state index in [4.69, 9.17) is 30.5 Å². The van der Waals surface area contributed by atoms with Crippen LogP contribution in [-0.4, -0.2) is 37.4 Å². The summed E-state index contributed by atoms with van der Waals surface area (Å²) in [7, 11) is 0. The van der Waals surface area contributed by atoms with E-state index in [9.17, 15) is 4.79 Å². The van der Waals surface area contributed by atoms with Crippen LogP contribution in [0.25, 0.3) is 10.6 Å². The van der Waals surface area contributed by atoms with Crippen LogP contribution in [0.15, 0.2) is 47.8 Å². The van der Waals surface area contributed by atoms with Gasteiger partial charge in [0, 0.05) is 16.0 Å². The van der Waals surface area contributed by atoms with Crippen molar-refractivity contribution in [3.05, 3.63) is 69.7 Å². The first kappa shape index (κ1) is 22.7. The molecule has 0 spiro atoms. The number of hydrogen-bond acceptors (Lipinski definition) is 7. The number of benzene rings is 2. The van der Waals surface area contributed by atoms with Gasteiger partial charge < -0.3 is 18.9 Å². The van der Waals surface area contributed by atoms with Gasteiger partial charge in [-0.1, -0.05) is 35.9 Å². The van der Waals surface area contributed by atoms with Crippen molar-refractivity contribution in [2.45, 2.75) is 26.1 Å². The molecule has 1 saturated heterocycles. The largest absolute Gasteiger partial charge is 0.487 e. The van der Waals surface area contributed by atoms with Gasteiger partial charge in [0.05, 0.1) is 25.5 Å². The molecule has 0 saturated carbocycles. The number of aromatic nitrogens is 1. The summed E-state index contributed by atoms with van der Waals surface area (Å²) in [5.41, 5.74) is 3.23. The maximum absolute atomic E-state index is 11.6. The number of nitrogens with zero attached hydrogens (tertiary/aromatic N) is 1. The minimum atomic E-state index is -0.621. The Bertz CT molecular complexity index is 1080. The van der Waals surface area contributed by atoms with Gasteiger partial charge in [0.15, 0.2) is 0 Å². The third kappa shape index (κ3) is 4.96. The van der Waals surface area contributed by atoms with Gasteiger partial charge in [-0.3, -0.25) is 0 Å². The first-order valence-corrected chi connectivity index (χ1v) is 11.6. The summed E-state index contributed by atoms with van der Waals surface area (Å²) in [6.45, 7) is 5.15. The molecule has 6 nitrogen and oxygen atoms in total. The molecule has 0 atom stereocenters. The highest BCUT2D eigenvalue weighted by Gasteiger charge is 2.42. The minimum Gasteiger partial charge on any atom is -0.487 e. The molecule has 0 aliphatic carbocycles. The number of ether oxygens (including phenoxy) is 4. The maximum Gasteiger partial charge on any atom is 0.332 e. The molecule has 0 bridgehead atoms. The molecule has 32 heavy (non-hydrogen) atoms. The van der Waals surface area contributed by atoms with Crippen molar-refractivity contribution in [2.75, 3.05) is 26.4 Å². The van der Waals surface area contributed by atoms with Gasteiger partial charge in [-0.25, -0.2) is 9.78 Å². The van der Waals surface area contributed by atoms with Crippen molar-refractivity contribution in [2.24, 2.45) is 0 Å². The van der Waals surface area contributed by atoms with Gasteiger partial charge in [-0.05, 0) is 43.2 Å². The van der Waals surface area contributed by atoms with Gasteiger partial charge in [0.25, 0.3) is 0 Å². The van der Waals surface area contributed by atoms with Crippen LogP contribution in [-0.2, 0) is 31.2 Å². The van der Waals surface area contributed by atoms with Crippen molar-refractivity contribution in [3.8, 4) is 16.3 Å². The average molecular weight is 474 g/mol. The lowest BCUT2D eigenvalue weighted by atomic mass is 9.91. The third-order valence-corrected chi connectivity index (χ3v) is 6.59.